The summed E-state index contributed by atoms with van der Waals surface area (Å²) >= 11 is 0.116. The van der Waals surface area contributed by atoms with Crippen LogP contribution in [-0.4, -0.2) is 61.0 Å². The lowest BCUT2D eigenvalue weighted by Crippen LogP contribution is -2.56. The lowest BCUT2D eigenvalue weighted by molar-refractivity contribution is -0.171. The van der Waals surface area contributed by atoms with E-state index in [4.69, 9.17) is 23.4 Å². The second kappa shape index (κ2) is 20.5. The van der Waals surface area contributed by atoms with Gasteiger partial charge in [0.15, 0.2) is 5.09 Å². The minimum atomic E-state index is -5.66. The average Bonchev–Trinajstić information content (AvgIpc) is 3.75. The SMILES string of the molecule is COC(=O)[C@@H](C[C@](OC(=O)c1cc(C(F)(F)F)cc(C(F)(F)F)c1)(C(=O)OC)C1Cc2c(oc3cc(C)cc(OC(=O)c4cc(C(F)(F)F)cc(C(F)(F)F)c4)c3c2=O)S1)OC(=O)c1cc(C(F)(F)F)cc(C(F)(F)F)c1. The molecule has 0 fully saturated rings. The standard InChI is InChI=1S/C46H26F18O12S/c1-17-4-28(73-34(66)18-6-21(41(47,48)49)12-22(7-18)42(50,51)52)32-29(5-17)75-38-27(33(32)65)15-31(77-38)40(39(70)72-3,76-36(68)20-10-25(45(59,60)61)14-26(11-20)46(62,63)64)16-30(37(69)71-2)74-35(67)19-8-23(43(53,54)55)13-24(9-19)44(56,57)58/h4-14,30-31H,15-16H2,1-3H3/t30-,31?,40-/m1/s1. The zero-order chi connectivity index (χ0) is 57.9. The molecule has 2 heterocycles. The van der Waals surface area contributed by atoms with Crippen LogP contribution in [0.25, 0.3) is 11.0 Å². The topological polar surface area (TPSA) is 162 Å². The first-order valence-electron chi connectivity index (χ1n) is 20.7. The van der Waals surface area contributed by atoms with Gasteiger partial charge in [0.25, 0.3) is 0 Å². The van der Waals surface area contributed by atoms with Crippen molar-refractivity contribution < 1.29 is 131 Å². The Morgan fingerprint density at radius 2 is 0.974 bits per heavy atom. The first-order chi connectivity index (χ1) is 35.2. The van der Waals surface area contributed by atoms with Gasteiger partial charge in [-0.05, 0) is 85.6 Å². The van der Waals surface area contributed by atoms with Crippen LogP contribution < -0.4 is 10.2 Å². The van der Waals surface area contributed by atoms with Crippen LogP contribution in [0.2, 0.25) is 0 Å². The molecule has 1 unspecified atom stereocenters. The molecule has 0 aliphatic carbocycles. The van der Waals surface area contributed by atoms with Crippen molar-refractivity contribution in [2.24, 2.45) is 0 Å². The largest absolute Gasteiger partial charge is 0.466 e. The second-order valence-electron chi connectivity index (χ2n) is 16.3. The number of aryl methyl sites for hydroxylation is 1. The van der Waals surface area contributed by atoms with E-state index in [9.17, 15) is 108 Å². The van der Waals surface area contributed by atoms with Crippen molar-refractivity contribution in [2.75, 3.05) is 14.2 Å². The van der Waals surface area contributed by atoms with E-state index in [0.29, 0.717) is 14.2 Å². The number of halogens is 18. The molecule has 0 saturated carbocycles. The molecule has 5 aromatic rings. The minimum absolute atomic E-state index is 0.0216. The van der Waals surface area contributed by atoms with Crippen molar-refractivity contribution in [3.05, 3.63) is 138 Å². The number of hydrogen-bond acceptors (Lipinski definition) is 13. The summed E-state index contributed by atoms with van der Waals surface area (Å²) in [6.07, 6.45) is -39.3. The number of carbonyl (C=O) groups is 5. The molecule has 3 atom stereocenters. The van der Waals surface area contributed by atoms with E-state index in [1.54, 1.807) is 0 Å². The quantitative estimate of drug-likeness (QED) is 0.0532. The Bertz CT molecular complexity index is 3160. The smallest absolute Gasteiger partial charge is 0.416 e. The number of esters is 5. The van der Waals surface area contributed by atoms with Crippen molar-refractivity contribution in [1.29, 1.82) is 0 Å². The normalized spacial score (nSPS) is 15.5. The van der Waals surface area contributed by atoms with Gasteiger partial charge in [-0.25, -0.2) is 24.0 Å². The van der Waals surface area contributed by atoms with E-state index in [2.05, 4.69) is 4.74 Å². The summed E-state index contributed by atoms with van der Waals surface area (Å²) in [5.74, 6) is -11.3. The van der Waals surface area contributed by atoms with Gasteiger partial charge in [-0.3, -0.25) is 4.79 Å². The van der Waals surface area contributed by atoms with Crippen molar-refractivity contribution in [1.82, 2.24) is 0 Å². The van der Waals surface area contributed by atoms with Crippen LogP contribution in [-0.2, 0) is 72.0 Å². The van der Waals surface area contributed by atoms with Gasteiger partial charge in [-0.2, -0.15) is 79.0 Å². The molecule has 0 bridgehead atoms. The van der Waals surface area contributed by atoms with Gasteiger partial charge in [0.05, 0.1) is 75.1 Å². The highest BCUT2D eigenvalue weighted by atomic mass is 32.2. The van der Waals surface area contributed by atoms with Gasteiger partial charge in [-0.15, -0.1) is 0 Å². The Morgan fingerprint density at radius 1 is 0.571 bits per heavy atom. The molecule has 0 N–H and O–H groups in total. The molecule has 414 valence electrons. The predicted molar refractivity (Wildman–Crippen MR) is 221 cm³/mol. The Balaban J connectivity index is 1.53. The van der Waals surface area contributed by atoms with E-state index in [0.717, 1.165) is 12.1 Å². The van der Waals surface area contributed by atoms with Crippen LogP contribution in [0.4, 0.5) is 79.0 Å². The van der Waals surface area contributed by atoms with Crippen LogP contribution in [0.5, 0.6) is 5.75 Å². The second-order valence-corrected chi connectivity index (χ2v) is 17.5. The third-order valence-electron chi connectivity index (χ3n) is 11.0. The van der Waals surface area contributed by atoms with Gasteiger partial charge < -0.3 is 28.1 Å². The van der Waals surface area contributed by atoms with Gasteiger partial charge >= 0.3 is 66.9 Å². The molecule has 0 spiro atoms. The fourth-order valence-corrected chi connectivity index (χ4v) is 8.84. The highest BCUT2D eigenvalue weighted by Crippen LogP contribution is 2.48. The summed E-state index contributed by atoms with van der Waals surface area (Å²) in [5.41, 5.74) is -23.4. The Morgan fingerprint density at radius 3 is 1.36 bits per heavy atom. The lowest BCUT2D eigenvalue weighted by atomic mass is 9.88. The number of methoxy groups -OCH3 is 2. The molecular formula is C46H26F18O12S. The summed E-state index contributed by atoms with van der Waals surface area (Å²) in [6.45, 7) is 1.23. The van der Waals surface area contributed by atoms with Crippen LogP contribution in [0.3, 0.4) is 0 Å². The van der Waals surface area contributed by atoms with E-state index in [-0.39, 0.29) is 59.8 Å². The van der Waals surface area contributed by atoms with Crippen LogP contribution in [0, 0.1) is 6.92 Å². The number of rotatable bonds is 11. The van der Waals surface area contributed by atoms with Gasteiger partial charge in [0.1, 0.15) is 16.7 Å². The summed E-state index contributed by atoms with van der Waals surface area (Å²) in [5, 5.41) is -3.69. The first kappa shape index (κ1) is 58.8. The van der Waals surface area contributed by atoms with Crippen molar-refractivity contribution in [3.8, 4) is 5.75 Å². The van der Waals surface area contributed by atoms with Crippen LogP contribution in [0.1, 0.15) is 82.0 Å². The van der Waals surface area contributed by atoms with E-state index in [1.807, 2.05) is 0 Å². The van der Waals surface area contributed by atoms with E-state index >= 15 is 0 Å². The van der Waals surface area contributed by atoms with Crippen molar-refractivity contribution in [3.63, 3.8) is 0 Å². The van der Waals surface area contributed by atoms with Gasteiger partial charge in [-0.1, -0.05) is 11.8 Å². The number of carbonyl (C=O) groups excluding carboxylic acids is 5. The predicted octanol–water partition coefficient (Wildman–Crippen LogP) is 12.0. The molecular weight excluding hydrogens is 1120 g/mol. The number of ether oxygens (including phenoxy) is 5. The summed E-state index contributed by atoms with van der Waals surface area (Å²) < 4.78 is 279. The molecule has 12 nitrogen and oxygen atoms in total. The Labute approximate surface area is 420 Å². The van der Waals surface area contributed by atoms with E-state index < -0.39 is 192 Å². The van der Waals surface area contributed by atoms with Crippen LogP contribution in [0.15, 0.2) is 81.0 Å². The Hall–Kier alpha value is -7.47. The molecule has 1 aromatic heterocycles. The third-order valence-corrected chi connectivity index (χ3v) is 12.4. The minimum Gasteiger partial charge on any atom is -0.466 e. The third kappa shape index (κ3) is 12.7. The maximum absolute atomic E-state index is 14.4. The van der Waals surface area contributed by atoms with Crippen LogP contribution >= 0.6 is 11.8 Å². The highest BCUT2D eigenvalue weighted by Gasteiger charge is 2.58. The maximum Gasteiger partial charge on any atom is 0.416 e. The number of thioether (sulfide) groups is 1. The van der Waals surface area contributed by atoms with Gasteiger partial charge in [0, 0.05) is 6.42 Å². The summed E-state index contributed by atoms with van der Waals surface area (Å²) in [6, 6.07) is -0.172. The highest BCUT2D eigenvalue weighted by molar-refractivity contribution is 8.00. The molecule has 1 aliphatic rings. The number of benzene rings is 4. The fraction of sp³-hybridized carbons (Fsp3) is 0.304. The molecule has 77 heavy (non-hydrogen) atoms. The molecule has 0 amide bonds. The lowest BCUT2D eigenvalue weighted by Gasteiger charge is -2.36. The molecule has 1 aliphatic heterocycles. The number of alkyl halides is 18. The molecule has 31 heteroatoms. The Kier molecular flexibility index (Phi) is 15.6. The van der Waals surface area contributed by atoms with Crippen molar-refractivity contribution in [2.45, 2.75) is 78.9 Å². The molecule has 4 aromatic carbocycles. The zero-order valence-corrected chi connectivity index (χ0v) is 38.8. The summed E-state index contributed by atoms with van der Waals surface area (Å²) in [4.78, 5) is 82.9. The molecule has 0 radical (unpaired) electrons. The van der Waals surface area contributed by atoms with Crippen molar-refractivity contribution >= 4 is 52.6 Å². The first-order valence-corrected chi connectivity index (χ1v) is 21.5. The fourth-order valence-electron chi connectivity index (χ4n) is 7.45. The molecule has 6 rings (SSSR count). The maximum atomic E-state index is 14.4. The van der Waals surface area contributed by atoms with E-state index in [1.165, 1.54) is 6.92 Å². The monoisotopic (exact) mass is 1140 g/mol. The zero-order valence-electron chi connectivity index (χ0n) is 38.0. The average molecular weight is 1140 g/mol. The molecule has 0 saturated heterocycles. The number of hydrogen-bond donors (Lipinski definition) is 0. The summed E-state index contributed by atoms with van der Waals surface area (Å²) in [7, 11) is 0.985. The van der Waals surface area contributed by atoms with Gasteiger partial charge in [0.2, 0.25) is 17.1 Å². The number of fused-ring (bicyclic) bond motifs is 2.